The topological polar surface area (TPSA) is 87.5 Å². The number of para-hydroxylation sites is 1. The molecule has 1 heterocycles. The molecule has 1 amide bonds. The van der Waals surface area contributed by atoms with Crippen LogP contribution in [0.4, 0.5) is 23.2 Å². The molecule has 0 saturated heterocycles. The Hall–Kier alpha value is -4.03. The van der Waals surface area contributed by atoms with E-state index in [2.05, 4.69) is 10.3 Å². The van der Waals surface area contributed by atoms with Gasteiger partial charge < -0.3 is 9.88 Å². The minimum absolute atomic E-state index is 0.0350. The number of carbonyl (C=O) groups excluding carboxylic acids is 1. The van der Waals surface area contributed by atoms with Gasteiger partial charge >= 0.3 is 6.18 Å². The fourth-order valence-electron chi connectivity index (χ4n) is 5.44. The van der Waals surface area contributed by atoms with Crippen LogP contribution in [0.3, 0.4) is 0 Å². The summed E-state index contributed by atoms with van der Waals surface area (Å²) in [5, 5.41) is 2.62. The first-order valence-corrected chi connectivity index (χ1v) is 16.0. The maximum absolute atomic E-state index is 15.8. The average molecular weight is 659 g/mol. The molecule has 46 heavy (non-hydrogen) atoms. The zero-order valence-corrected chi connectivity index (χ0v) is 27.2. The lowest BCUT2D eigenvalue weighted by Crippen LogP contribution is -2.42. The van der Waals surface area contributed by atoms with E-state index in [9.17, 15) is 26.7 Å². The summed E-state index contributed by atoms with van der Waals surface area (Å²) in [6, 6.07) is 16.7. The van der Waals surface area contributed by atoms with E-state index in [1.54, 1.807) is 61.7 Å². The van der Waals surface area contributed by atoms with Crippen molar-refractivity contribution in [2.75, 3.05) is 4.31 Å². The van der Waals surface area contributed by atoms with Gasteiger partial charge in [0.25, 0.3) is 17.2 Å². The van der Waals surface area contributed by atoms with Crippen LogP contribution in [0.1, 0.15) is 79.7 Å². The third-order valence-electron chi connectivity index (χ3n) is 7.49. The SMILES string of the molecule is CCCc1nc(CC)c(C(=O)NCc2ccccc2C(F)(F)F)n1Cc1ccc(-c2ccccc2N(S(=O)O)C(C)(C)C)cc1F. The fourth-order valence-corrected chi connectivity index (χ4v) is 6.23. The van der Waals surface area contributed by atoms with Crippen molar-refractivity contribution in [2.45, 2.75) is 78.7 Å². The van der Waals surface area contributed by atoms with E-state index in [0.29, 0.717) is 47.6 Å². The zero-order chi connectivity index (χ0) is 33.8. The van der Waals surface area contributed by atoms with Crippen LogP contribution in [0.25, 0.3) is 11.1 Å². The number of imidazole rings is 1. The Morgan fingerprint density at radius 3 is 2.28 bits per heavy atom. The van der Waals surface area contributed by atoms with Crippen LogP contribution in [-0.2, 0) is 43.4 Å². The number of benzene rings is 3. The lowest BCUT2D eigenvalue weighted by molar-refractivity contribution is -0.138. The molecule has 246 valence electrons. The Morgan fingerprint density at radius 2 is 1.67 bits per heavy atom. The Bertz CT molecular complexity index is 1730. The molecule has 0 aliphatic rings. The van der Waals surface area contributed by atoms with Crippen LogP contribution >= 0.6 is 0 Å². The summed E-state index contributed by atoms with van der Waals surface area (Å²) in [6.45, 7) is 8.79. The molecule has 0 aliphatic carbocycles. The van der Waals surface area contributed by atoms with E-state index in [-0.39, 0.29) is 29.9 Å². The van der Waals surface area contributed by atoms with Gasteiger partial charge in [0, 0.05) is 29.6 Å². The summed E-state index contributed by atoms with van der Waals surface area (Å²) in [5.41, 5.74) is 0.817. The second-order valence-corrected chi connectivity index (χ2v) is 12.7. The zero-order valence-electron chi connectivity index (χ0n) is 26.4. The number of anilines is 1. The third kappa shape index (κ3) is 7.67. The number of rotatable bonds is 11. The number of aryl methyl sites for hydroxylation is 2. The molecule has 0 spiro atoms. The van der Waals surface area contributed by atoms with Gasteiger partial charge in [0.05, 0.1) is 23.5 Å². The first-order valence-electron chi connectivity index (χ1n) is 15.0. The van der Waals surface area contributed by atoms with Crippen LogP contribution < -0.4 is 9.62 Å². The number of nitrogens with one attached hydrogen (secondary N) is 1. The summed E-state index contributed by atoms with van der Waals surface area (Å²) in [5.74, 6) is -0.589. The van der Waals surface area contributed by atoms with Crippen molar-refractivity contribution >= 4 is 22.9 Å². The molecule has 0 radical (unpaired) electrons. The van der Waals surface area contributed by atoms with Crippen molar-refractivity contribution < 1.29 is 31.1 Å². The van der Waals surface area contributed by atoms with Crippen LogP contribution in [0.5, 0.6) is 0 Å². The predicted octanol–water partition coefficient (Wildman–Crippen LogP) is 7.94. The van der Waals surface area contributed by atoms with Crippen molar-refractivity contribution in [1.82, 2.24) is 14.9 Å². The lowest BCUT2D eigenvalue weighted by atomic mass is 9.99. The van der Waals surface area contributed by atoms with E-state index in [0.717, 1.165) is 6.07 Å². The number of carbonyl (C=O) groups is 1. The predicted molar refractivity (Wildman–Crippen MR) is 172 cm³/mol. The second kappa shape index (κ2) is 14.2. The maximum atomic E-state index is 15.8. The molecule has 1 aromatic heterocycles. The number of hydrogen-bond acceptors (Lipinski definition) is 3. The normalized spacial score (nSPS) is 12.7. The standard InChI is InChI=1S/C34H38F4N4O3S/c1-6-12-30-40-28(7-2)31(32(43)39-20-23-13-8-10-15-26(23)34(36,37)38)41(30)21-24-18-17-22(19-27(24)35)25-14-9-11-16-29(25)42(46(44)45)33(3,4)5/h8-11,13-19H,6-7,12,20-21H2,1-5H3,(H,39,43)(H,44,45). The number of nitrogens with zero attached hydrogens (tertiary/aromatic N) is 3. The Morgan fingerprint density at radius 1 is 1.00 bits per heavy atom. The summed E-state index contributed by atoms with van der Waals surface area (Å²) < 4.78 is 81.9. The highest BCUT2D eigenvalue weighted by Crippen LogP contribution is 2.36. The molecule has 4 aromatic rings. The lowest BCUT2D eigenvalue weighted by Gasteiger charge is -2.35. The molecule has 0 fully saturated rings. The van der Waals surface area contributed by atoms with E-state index in [4.69, 9.17) is 0 Å². The molecular weight excluding hydrogens is 620 g/mol. The van der Waals surface area contributed by atoms with E-state index in [1.807, 2.05) is 13.8 Å². The number of aromatic nitrogens is 2. The van der Waals surface area contributed by atoms with Crippen LogP contribution in [0, 0.1) is 5.82 Å². The van der Waals surface area contributed by atoms with E-state index in [1.165, 1.54) is 28.6 Å². The highest BCUT2D eigenvalue weighted by molar-refractivity contribution is 7.80. The molecule has 0 bridgehead atoms. The van der Waals surface area contributed by atoms with Gasteiger partial charge in [0.15, 0.2) is 0 Å². The quantitative estimate of drug-likeness (QED) is 0.127. The van der Waals surface area contributed by atoms with Gasteiger partial charge in [-0.25, -0.2) is 13.6 Å². The molecule has 2 N–H and O–H groups in total. The van der Waals surface area contributed by atoms with Gasteiger partial charge in [-0.2, -0.15) is 13.2 Å². The Labute approximate surface area is 269 Å². The molecule has 3 aromatic carbocycles. The molecular formula is C34H38F4N4O3S. The van der Waals surface area contributed by atoms with Crippen LogP contribution in [0.2, 0.25) is 0 Å². The number of hydrogen-bond donors (Lipinski definition) is 2. The smallest absolute Gasteiger partial charge is 0.347 e. The van der Waals surface area contributed by atoms with Crippen molar-refractivity contribution in [3.63, 3.8) is 0 Å². The first kappa shape index (κ1) is 34.8. The van der Waals surface area contributed by atoms with Gasteiger partial charge in [-0.15, -0.1) is 0 Å². The third-order valence-corrected chi connectivity index (χ3v) is 8.54. The monoisotopic (exact) mass is 658 g/mol. The van der Waals surface area contributed by atoms with Crippen molar-refractivity contribution in [3.05, 3.63) is 106 Å². The van der Waals surface area contributed by atoms with Gasteiger partial charge in [-0.1, -0.05) is 62.4 Å². The highest BCUT2D eigenvalue weighted by Gasteiger charge is 2.33. The maximum Gasteiger partial charge on any atom is 0.416 e. The largest absolute Gasteiger partial charge is 0.416 e. The first-order chi connectivity index (χ1) is 21.7. The molecule has 12 heteroatoms. The average Bonchev–Trinajstić information content (AvgIpc) is 3.33. The van der Waals surface area contributed by atoms with Gasteiger partial charge in [-0.3, -0.25) is 13.7 Å². The van der Waals surface area contributed by atoms with E-state index >= 15 is 4.39 Å². The number of amides is 1. The van der Waals surface area contributed by atoms with Crippen molar-refractivity contribution in [1.29, 1.82) is 0 Å². The highest BCUT2D eigenvalue weighted by atomic mass is 32.2. The summed E-state index contributed by atoms with van der Waals surface area (Å²) in [6.07, 6.45) is -2.98. The fraction of sp³-hybridized carbons (Fsp3) is 0.353. The Kier molecular flexibility index (Phi) is 10.7. The van der Waals surface area contributed by atoms with E-state index < -0.39 is 40.3 Å². The van der Waals surface area contributed by atoms with Gasteiger partial charge in [0.1, 0.15) is 17.3 Å². The molecule has 0 aliphatic heterocycles. The summed E-state index contributed by atoms with van der Waals surface area (Å²) in [7, 11) is 0. The Balaban J connectivity index is 1.70. The number of alkyl halides is 3. The van der Waals surface area contributed by atoms with Gasteiger partial charge in [0.2, 0.25) is 0 Å². The second-order valence-electron chi connectivity index (χ2n) is 11.9. The van der Waals surface area contributed by atoms with Crippen LogP contribution in [0.15, 0.2) is 66.7 Å². The van der Waals surface area contributed by atoms with Crippen molar-refractivity contribution in [3.8, 4) is 11.1 Å². The molecule has 1 atom stereocenters. The molecule has 7 nitrogen and oxygen atoms in total. The van der Waals surface area contributed by atoms with Crippen molar-refractivity contribution in [2.24, 2.45) is 0 Å². The van der Waals surface area contributed by atoms with Crippen LogP contribution in [-0.4, -0.2) is 29.8 Å². The summed E-state index contributed by atoms with van der Waals surface area (Å²) in [4.78, 5) is 18.2. The minimum Gasteiger partial charge on any atom is -0.347 e. The summed E-state index contributed by atoms with van der Waals surface area (Å²) >= 11 is -2.34. The minimum atomic E-state index is -4.57. The van der Waals surface area contributed by atoms with Gasteiger partial charge in [-0.05, 0) is 62.9 Å². The molecule has 1 unspecified atom stereocenters. The molecule has 0 saturated carbocycles. The molecule has 4 rings (SSSR count). The number of halogens is 4.